The van der Waals surface area contributed by atoms with E-state index >= 15 is 0 Å². The summed E-state index contributed by atoms with van der Waals surface area (Å²) in [4.78, 5) is 0. The average molecular weight is 311 g/mol. The van der Waals surface area contributed by atoms with Gasteiger partial charge in [-0.25, -0.2) is 0 Å². The van der Waals surface area contributed by atoms with E-state index in [0.29, 0.717) is 11.8 Å². The standard InChI is InChI=1S/C17H21N5O/c1-12(19-13(2)17-21-20-14(3)23-17)16-9-18-22(11-16)10-15-7-5-4-6-8-15/h4-9,11-13,19H,10H2,1-3H3/t12-,13-/m0/s1. The molecule has 0 aliphatic heterocycles. The van der Waals surface area contributed by atoms with Crippen LogP contribution in [0.1, 0.15) is 48.8 Å². The van der Waals surface area contributed by atoms with E-state index in [9.17, 15) is 0 Å². The fraction of sp³-hybridized carbons (Fsp3) is 0.353. The number of benzene rings is 1. The Bertz CT molecular complexity index is 749. The van der Waals surface area contributed by atoms with Crippen LogP contribution in [0.5, 0.6) is 0 Å². The Hall–Kier alpha value is -2.47. The maximum atomic E-state index is 5.46. The van der Waals surface area contributed by atoms with Gasteiger partial charge in [0.05, 0.1) is 18.8 Å². The quantitative estimate of drug-likeness (QED) is 0.758. The zero-order valence-electron chi connectivity index (χ0n) is 13.6. The van der Waals surface area contributed by atoms with Crippen molar-refractivity contribution in [3.8, 4) is 0 Å². The third kappa shape index (κ3) is 3.84. The monoisotopic (exact) mass is 311 g/mol. The van der Waals surface area contributed by atoms with E-state index in [1.165, 1.54) is 5.56 Å². The molecule has 23 heavy (non-hydrogen) atoms. The molecule has 3 aromatic rings. The molecule has 0 unspecified atom stereocenters. The van der Waals surface area contributed by atoms with E-state index in [0.717, 1.165) is 12.1 Å². The lowest BCUT2D eigenvalue weighted by atomic mass is 10.1. The van der Waals surface area contributed by atoms with Gasteiger partial charge >= 0.3 is 0 Å². The number of aryl methyl sites for hydroxylation is 1. The van der Waals surface area contributed by atoms with Crippen LogP contribution in [0.15, 0.2) is 47.1 Å². The second-order valence-corrected chi connectivity index (χ2v) is 5.73. The van der Waals surface area contributed by atoms with Crippen LogP contribution >= 0.6 is 0 Å². The summed E-state index contributed by atoms with van der Waals surface area (Å²) in [5, 5.41) is 15.8. The number of aromatic nitrogens is 4. The summed E-state index contributed by atoms with van der Waals surface area (Å²) in [5.74, 6) is 1.18. The first-order valence-electron chi connectivity index (χ1n) is 7.74. The van der Waals surface area contributed by atoms with E-state index in [4.69, 9.17) is 4.42 Å². The molecule has 2 aromatic heterocycles. The Morgan fingerprint density at radius 3 is 2.61 bits per heavy atom. The van der Waals surface area contributed by atoms with Crippen molar-refractivity contribution >= 4 is 0 Å². The molecule has 120 valence electrons. The maximum Gasteiger partial charge on any atom is 0.233 e. The van der Waals surface area contributed by atoms with Gasteiger partial charge in [0.15, 0.2) is 0 Å². The molecule has 0 bridgehead atoms. The minimum Gasteiger partial charge on any atom is -0.424 e. The predicted octanol–water partition coefficient (Wildman–Crippen LogP) is 3.03. The highest BCUT2D eigenvalue weighted by atomic mass is 16.4. The van der Waals surface area contributed by atoms with Crippen molar-refractivity contribution < 1.29 is 4.42 Å². The van der Waals surface area contributed by atoms with E-state index < -0.39 is 0 Å². The summed E-state index contributed by atoms with van der Waals surface area (Å²) in [6.07, 6.45) is 3.96. The molecule has 1 N–H and O–H groups in total. The summed E-state index contributed by atoms with van der Waals surface area (Å²) in [6.45, 7) is 6.67. The van der Waals surface area contributed by atoms with Gasteiger partial charge in [-0.15, -0.1) is 10.2 Å². The highest BCUT2D eigenvalue weighted by Crippen LogP contribution is 2.18. The number of hydrogen-bond donors (Lipinski definition) is 1. The summed E-state index contributed by atoms with van der Waals surface area (Å²) in [6, 6.07) is 10.4. The number of rotatable bonds is 6. The molecule has 6 heteroatoms. The van der Waals surface area contributed by atoms with Crippen molar-refractivity contribution in [2.45, 2.75) is 39.4 Å². The van der Waals surface area contributed by atoms with Crippen LogP contribution < -0.4 is 5.32 Å². The van der Waals surface area contributed by atoms with Crippen LogP contribution in [0, 0.1) is 6.92 Å². The molecule has 6 nitrogen and oxygen atoms in total. The van der Waals surface area contributed by atoms with E-state index in [1.807, 2.05) is 36.0 Å². The molecule has 0 spiro atoms. The van der Waals surface area contributed by atoms with Gasteiger partial charge in [0.25, 0.3) is 0 Å². The maximum absolute atomic E-state index is 5.46. The molecule has 0 radical (unpaired) electrons. The molecule has 2 atom stereocenters. The zero-order valence-corrected chi connectivity index (χ0v) is 13.6. The molecule has 0 fully saturated rings. The van der Waals surface area contributed by atoms with Crippen molar-refractivity contribution in [2.75, 3.05) is 0 Å². The van der Waals surface area contributed by atoms with Gasteiger partial charge in [0.1, 0.15) is 0 Å². The molecule has 0 saturated carbocycles. The van der Waals surface area contributed by atoms with Crippen LogP contribution in [-0.4, -0.2) is 20.0 Å². The van der Waals surface area contributed by atoms with Gasteiger partial charge in [-0.3, -0.25) is 10.00 Å². The van der Waals surface area contributed by atoms with Gasteiger partial charge in [-0.05, 0) is 19.4 Å². The SMILES string of the molecule is Cc1nnc([C@H](C)N[C@@H](C)c2cnn(Cc3ccccc3)c2)o1. The van der Waals surface area contributed by atoms with Crippen LogP contribution in [0.25, 0.3) is 0 Å². The second kappa shape index (κ2) is 6.75. The minimum atomic E-state index is -0.0105. The Morgan fingerprint density at radius 1 is 1.13 bits per heavy atom. The Kier molecular flexibility index (Phi) is 4.52. The van der Waals surface area contributed by atoms with Crippen LogP contribution in [0.2, 0.25) is 0 Å². The van der Waals surface area contributed by atoms with E-state index in [1.54, 1.807) is 6.92 Å². The molecule has 1 aromatic carbocycles. The van der Waals surface area contributed by atoms with Crippen LogP contribution in [0.3, 0.4) is 0 Å². The van der Waals surface area contributed by atoms with E-state index in [2.05, 4.69) is 45.9 Å². The predicted molar refractivity (Wildman–Crippen MR) is 86.8 cm³/mol. The molecule has 0 amide bonds. The summed E-state index contributed by atoms with van der Waals surface area (Å²) in [5.41, 5.74) is 2.36. The van der Waals surface area contributed by atoms with Crippen molar-refractivity contribution in [1.29, 1.82) is 0 Å². The lowest BCUT2D eigenvalue weighted by molar-refractivity contribution is 0.380. The molecule has 0 aliphatic carbocycles. The van der Waals surface area contributed by atoms with Crippen molar-refractivity contribution in [1.82, 2.24) is 25.3 Å². The average Bonchev–Trinajstić information content (AvgIpc) is 3.17. The fourth-order valence-corrected chi connectivity index (χ4v) is 2.49. The Balaban J connectivity index is 1.63. The van der Waals surface area contributed by atoms with Crippen molar-refractivity contribution in [3.63, 3.8) is 0 Å². The summed E-state index contributed by atoms with van der Waals surface area (Å²) < 4.78 is 7.41. The normalized spacial score (nSPS) is 13.9. The van der Waals surface area contributed by atoms with Gasteiger partial charge in [0.2, 0.25) is 11.8 Å². The zero-order chi connectivity index (χ0) is 16.2. The number of nitrogens with one attached hydrogen (secondary N) is 1. The lowest BCUT2D eigenvalue weighted by Crippen LogP contribution is -2.22. The fourth-order valence-electron chi connectivity index (χ4n) is 2.49. The third-order valence-corrected chi connectivity index (χ3v) is 3.75. The smallest absolute Gasteiger partial charge is 0.233 e. The largest absolute Gasteiger partial charge is 0.424 e. The Labute approximate surface area is 135 Å². The van der Waals surface area contributed by atoms with Gasteiger partial charge in [-0.1, -0.05) is 30.3 Å². The van der Waals surface area contributed by atoms with Crippen LogP contribution in [-0.2, 0) is 6.54 Å². The van der Waals surface area contributed by atoms with Gasteiger partial charge < -0.3 is 4.42 Å². The molecule has 0 aliphatic rings. The topological polar surface area (TPSA) is 68.8 Å². The van der Waals surface area contributed by atoms with Crippen molar-refractivity contribution in [3.05, 3.63) is 65.6 Å². The minimum absolute atomic E-state index is 0.0105. The van der Waals surface area contributed by atoms with Crippen molar-refractivity contribution in [2.24, 2.45) is 0 Å². The number of hydrogen-bond acceptors (Lipinski definition) is 5. The highest BCUT2D eigenvalue weighted by Gasteiger charge is 2.17. The molecule has 3 rings (SSSR count). The molecular weight excluding hydrogens is 290 g/mol. The summed E-state index contributed by atoms with van der Waals surface area (Å²) >= 11 is 0. The van der Waals surface area contributed by atoms with Crippen LogP contribution in [0.4, 0.5) is 0 Å². The van der Waals surface area contributed by atoms with E-state index in [-0.39, 0.29) is 12.1 Å². The molecular formula is C17H21N5O. The first-order chi connectivity index (χ1) is 11.1. The van der Waals surface area contributed by atoms with Gasteiger partial charge in [0, 0.05) is 24.7 Å². The number of nitrogens with zero attached hydrogens (tertiary/aromatic N) is 4. The Morgan fingerprint density at radius 2 is 1.91 bits per heavy atom. The first kappa shape index (κ1) is 15.4. The lowest BCUT2D eigenvalue weighted by Gasteiger charge is -2.16. The molecule has 0 saturated heterocycles. The highest BCUT2D eigenvalue weighted by molar-refractivity contribution is 5.16. The third-order valence-electron chi connectivity index (χ3n) is 3.75. The summed E-state index contributed by atoms with van der Waals surface area (Å²) in [7, 11) is 0. The molecule has 2 heterocycles. The first-order valence-corrected chi connectivity index (χ1v) is 7.74. The van der Waals surface area contributed by atoms with Gasteiger partial charge in [-0.2, -0.15) is 5.10 Å². The second-order valence-electron chi connectivity index (χ2n) is 5.73.